The molecule has 4 nitrogen and oxygen atoms in total. The normalized spacial score (nSPS) is 14.2. The van der Waals surface area contributed by atoms with E-state index in [0.29, 0.717) is 0 Å². The number of benzene rings is 1. The summed E-state index contributed by atoms with van der Waals surface area (Å²) in [5.74, 6) is -0.0997. The fourth-order valence-electron chi connectivity index (χ4n) is 0.916. The lowest BCUT2D eigenvalue weighted by Gasteiger charge is -2.08. The summed E-state index contributed by atoms with van der Waals surface area (Å²) in [5.41, 5.74) is 0.104. The van der Waals surface area contributed by atoms with E-state index in [4.69, 9.17) is 16.3 Å². The third kappa shape index (κ3) is 4.81. The molecule has 4 N–H and O–H groups in total. The smallest absolute Gasteiger partial charge is 0.193 e. The SMILES string of the molecule is [2H]c1cccc(C([2H])([2H])CNC(=N)NC(C)=N)c1[2H]. The van der Waals surface area contributed by atoms with Gasteiger partial charge in [0.05, 0.1) is 8.58 Å². The molecule has 0 fully saturated rings. The second kappa shape index (κ2) is 5.80. The Kier molecular flexibility index (Phi) is 2.55. The minimum atomic E-state index is -1.88. The first-order valence-electron chi connectivity index (χ1n) is 6.45. The van der Waals surface area contributed by atoms with Gasteiger partial charge in [-0.3, -0.25) is 10.8 Å². The second-order valence-electron chi connectivity index (χ2n) is 2.86. The highest BCUT2D eigenvalue weighted by atomic mass is 15.1. The van der Waals surface area contributed by atoms with E-state index in [1.54, 1.807) is 0 Å². The highest BCUT2D eigenvalue weighted by Gasteiger charge is 1.95. The molecule has 80 valence electrons. The lowest BCUT2D eigenvalue weighted by Crippen LogP contribution is -2.39. The van der Waals surface area contributed by atoms with Crippen LogP contribution in [0.1, 0.15) is 18.0 Å². The summed E-state index contributed by atoms with van der Waals surface area (Å²) in [4.78, 5) is 0. The Labute approximate surface area is 95.3 Å². The summed E-state index contributed by atoms with van der Waals surface area (Å²) in [6, 6.07) is 4.22. The van der Waals surface area contributed by atoms with E-state index in [1.807, 2.05) is 0 Å². The predicted molar refractivity (Wildman–Crippen MR) is 62.4 cm³/mol. The van der Waals surface area contributed by atoms with E-state index in [9.17, 15) is 0 Å². The van der Waals surface area contributed by atoms with Crippen LogP contribution in [0.5, 0.6) is 0 Å². The van der Waals surface area contributed by atoms with Crippen LogP contribution >= 0.6 is 0 Å². The zero-order chi connectivity index (χ0) is 14.6. The van der Waals surface area contributed by atoms with E-state index >= 15 is 0 Å². The molecule has 0 aliphatic carbocycles. The minimum Gasteiger partial charge on any atom is -0.356 e. The maximum absolute atomic E-state index is 7.90. The van der Waals surface area contributed by atoms with Gasteiger partial charge in [-0.05, 0) is 18.9 Å². The Balaban J connectivity index is 2.78. The van der Waals surface area contributed by atoms with Gasteiger partial charge in [-0.15, -0.1) is 0 Å². The molecule has 0 spiro atoms. The molecule has 0 radical (unpaired) electrons. The van der Waals surface area contributed by atoms with Crippen LogP contribution in [0.25, 0.3) is 0 Å². The number of amidine groups is 1. The van der Waals surface area contributed by atoms with Crippen LogP contribution in [0.15, 0.2) is 30.3 Å². The van der Waals surface area contributed by atoms with Crippen molar-refractivity contribution >= 4 is 11.8 Å². The van der Waals surface area contributed by atoms with Crippen molar-refractivity contribution in [1.29, 1.82) is 10.8 Å². The van der Waals surface area contributed by atoms with Crippen molar-refractivity contribution in [3.63, 3.8) is 0 Å². The largest absolute Gasteiger partial charge is 0.356 e. The number of hydrogen-bond donors (Lipinski definition) is 4. The van der Waals surface area contributed by atoms with Crippen LogP contribution in [0.4, 0.5) is 0 Å². The van der Waals surface area contributed by atoms with E-state index in [1.165, 1.54) is 25.1 Å². The van der Waals surface area contributed by atoms with Crippen molar-refractivity contribution in [2.24, 2.45) is 0 Å². The summed E-state index contributed by atoms with van der Waals surface area (Å²) in [7, 11) is 0. The van der Waals surface area contributed by atoms with Crippen LogP contribution in [0, 0.1) is 10.8 Å². The van der Waals surface area contributed by atoms with E-state index in [-0.39, 0.29) is 36.0 Å². The monoisotopic (exact) mass is 208 g/mol. The molecule has 0 atom stereocenters. The number of guanidine groups is 1. The first-order chi connectivity index (χ1) is 8.74. The summed E-state index contributed by atoms with van der Waals surface area (Å²) < 4.78 is 31.0. The van der Waals surface area contributed by atoms with Crippen molar-refractivity contribution in [3.8, 4) is 0 Å². The summed E-state index contributed by atoms with van der Waals surface area (Å²) in [6.07, 6.45) is -1.88. The Hall–Kier alpha value is -1.84. The summed E-state index contributed by atoms with van der Waals surface area (Å²) in [6.45, 7) is 1.25. The van der Waals surface area contributed by atoms with E-state index in [0.717, 1.165) is 0 Å². The first kappa shape index (κ1) is 6.61. The Morgan fingerprint density at radius 2 is 2.33 bits per heavy atom. The molecule has 1 aromatic carbocycles. The van der Waals surface area contributed by atoms with Crippen molar-refractivity contribution in [3.05, 3.63) is 35.8 Å². The van der Waals surface area contributed by atoms with Crippen LogP contribution in [0.3, 0.4) is 0 Å². The molecule has 4 heteroatoms. The fourth-order valence-corrected chi connectivity index (χ4v) is 0.916. The molecular formula is C11H16N4. The van der Waals surface area contributed by atoms with Gasteiger partial charge in [0.15, 0.2) is 5.96 Å². The van der Waals surface area contributed by atoms with Gasteiger partial charge in [0.2, 0.25) is 0 Å². The first-order valence-corrected chi connectivity index (χ1v) is 4.45. The molecule has 0 amide bonds. The molecular weight excluding hydrogens is 188 g/mol. The maximum atomic E-state index is 7.90. The maximum Gasteiger partial charge on any atom is 0.193 e. The minimum absolute atomic E-state index is 0.0371. The van der Waals surface area contributed by atoms with Gasteiger partial charge in [-0.1, -0.05) is 30.3 Å². The van der Waals surface area contributed by atoms with Gasteiger partial charge in [0.25, 0.3) is 0 Å². The topological polar surface area (TPSA) is 71.8 Å². The molecule has 0 bridgehead atoms. The molecule has 1 rings (SSSR count). The van der Waals surface area contributed by atoms with Crippen LogP contribution < -0.4 is 10.6 Å². The molecule has 0 saturated carbocycles. The molecule has 0 aromatic heterocycles. The van der Waals surface area contributed by atoms with Crippen molar-refractivity contribution < 1.29 is 5.48 Å². The average molecular weight is 208 g/mol. The van der Waals surface area contributed by atoms with Crippen LogP contribution in [-0.4, -0.2) is 18.3 Å². The van der Waals surface area contributed by atoms with Crippen molar-refractivity contribution in [1.82, 2.24) is 10.6 Å². The summed E-state index contributed by atoms with van der Waals surface area (Å²) >= 11 is 0. The van der Waals surface area contributed by atoms with E-state index in [2.05, 4.69) is 10.6 Å². The van der Waals surface area contributed by atoms with Gasteiger partial charge in [0.1, 0.15) is 0 Å². The molecule has 15 heavy (non-hydrogen) atoms. The van der Waals surface area contributed by atoms with E-state index < -0.39 is 6.37 Å². The van der Waals surface area contributed by atoms with Gasteiger partial charge < -0.3 is 10.6 Å². The quantitative estimate of drug-likeness (QED) is 0.447. The van der Waals surface area contributed by atoms with Crippen molar-refractivity contribution in [2.45, 2.75) is 13.3 Å². The third-order valence-electron chi connectivity index (χ3n) is 1.51. The van der Waals surface area contributed by atoms with Crippen molar-refractivity contribution in [2.75, 3.05) is 6.54 Å². The Morgan fingerprint density at radius 3 is 3.07 bits per heavy atom. The molecule has 0 saturated heterocycles. The van der Waals surface area contributed by atoms with Crippen LogP contribution in [0.2, 0.25) is 0 Å². The standard InChI is InChI=1S/C11H16N4/c1-9(12)15-11(13)14-8-7-10-5-3-2-4-6-10/h2-6H,7-8H2,1H3,(H4,12,13,14,15)/i3D,5D,7D2. The molecule has 0 aliphatic heterocycles. The molecule has 1 aromatic rings. The average Bonchev–Trinajstić information content (AvgIpc) is 2.29. The molecule has 0 unspecified atom stereocenters. The van der Waals surface area contributed by atoms with Gasteiger partial charge >= 0.3 is 0 Å². The fraction of sp³-hybridized carbons (Fsp3) is 0.273. The predicted octanol–water partition coefficient (Wildman–Crippen LogP) is 1.34. The lowest BCUT2D eigenvalue weighted by molar-refractivity contribution is 0.842. The number of nitrogens with one attached hydrogen (secondary N) is 4. The highest BCUT2D eigenvalue weighted by Crippen LogP contribution is 1.97. The van der Waals surface area contributed by atoms with Gasteiger partial charge in [0, 0.05) is 9.29 Å². The zero-order valence-corrected chi connectivity index (χ0v) is 8.44. The number of hydrogen-bond acceptors (Lipinski definition) is 2. The molecule has 0 heterocycles. The molecule has 0 aliphatic rings. The van der Waals surface area contributed by atoms with Crippen LogP contribution in [-0.2, 0) is 6.37 Å². The Morgan fingerprint density at radius 1 is 1.53 bits per heavy atom. The second-order valence-corrected chi connectivity index (χ2v) is 2.86. The third-order valence-corrected chi connectivity index (χ3v) is 1.51. The summed E-state index contributed by atoms with van der Waals surface area (Å²) in [5, 5.41) is 19.5. The Bertz CT molecular complexity index is 501. The van der Waals surface area contributed by atoms with Gasteiger partial charge in [-0.25, -0.2) is 0 Å². The highest BCUT2D eigenvalue weighted by molar-refractivity contribution is 5.95. The lowest BCUT2D eigenvalue weighted by atomic mass is 10.1. The zero-order valence-electron chi connectivity index (χ0n) is 12.4. The number of rotatable bonds is 3. The van der Waals surface area contributed by atoms with Gasteiger partial charge in [-0.2, -0.15) is 0 Å².